The van der Waals surface area contributed by atoms with Gasteiger partial charge in [-0.3, -0.25) is 4.98 Å². The fraction of sp³-hybridized carbons (Fsp3) is 0.200. The van der Waals surface area contributed by atoms with Crippen molar-refractivity contribution in [2.24, 2.45) is 5.73 Å². The van der Waals surface area contributed by atoms with Crippen LogP contribution in [0.2, 0.25) is 0 Å². The third-order valence-electron chi connectivity index (χ3n) is 3.15. The zero-order chi connectivity index (χ0) is 13.3. The summed E-state index contributed by atoms with van der Waals surface area (Å²) in [6.45, 7) is 6.14. The van der Waals surface area contributed by atoms with Crippen LogP contribution in [0.4, 0.5) is 0 Å². The largest absolute Gasteiger partial charge is 0.389 e. The molecule has 0 bridgehead atoms. The minimum absolute atomic E-state index is 0.395. The smallest absolute Gasteiger partial charge is 0.105 e. The van der Waals surface area contributed by atoms with Crippen LogP contribution in [0, 0.1) is 20.8 Å². The van der Waals surface area contributed by atoms with E-state index in [1.165, 1.54) is 11.1 Å². The molecule has 0 saturated heterocycles. The molecule has 1 heterocycles. The van der Waals surface area contributed by atoms with Crippen molar-refractivity contribution in [3.8, 4) is 11.3 Å². The van der Waals surface area contributed by atoms with E-state index in [1.54, 1.807) is 0 Å². The van der Waals surface area contributed by atoms with Gasteiger partial charge in [-0.15, -0.1) is 0 Å². The van der Waals surface area contributed by atoms with Gasteiger partial charge in [-0.1, -0.05) is 24.4 Å². The molecule has 3 heteroatoms. The molecular formula is C15H16N2S. The maximum absolute atomic E-state index is 5.64. The number of hydrogen-bond acceptors (Lipinski definition) is 2. The van der Waals surface area contributed by atoms with Crippen LogP contribution in [-0.2, 0) is 0 Å². The van der Waals surface area contributed by atoms with Gasteiger partial charge in [0.1, 0.15) is 4.99 Å². The highest BCUT2D eigenvalue weighted by atomic mass is 32.1. The number of pyridine rings is 1. The van der Waals surface area contributed by atoms with Crippen molar-refractivity contribution in [1.29, 1.82) is 0 Å². The van der Waals surface area contributed by atoms with E-state index in [9.17, 15) is 0 Å². The van der Waals surface area contributed by atoms with E-state index in [1.807, 2.05) is 19.1 Å². The van der Waals surface area contributed by atoms with Gasteiger partial charge in [-0.05, 0) is 50.1 Å². The molecule has 18 heavy (non-hydrogen) atoms. The van der Waals surface area contributed by atoms with Gasteiger partial charge in [-0.2, -0.15) is 0 Å². The fourth-order valence-corrected chi connectivity index (χ4v) is 2.10. The Morgan fingerprint density at radius 1 is 1.06 bits per heavy atom. The number of nitrogens with zero attached hydrogens (tertiary/aromatic N) is 1. The second-order valence-corrected chi connectivity index (χ2v) is 4.93. The first kappa shape index (κ1) is 12.7. The van der Waals surface area contributed by atoms with Crippen molar-refractivity contribution in [2.45, 2.75) is 20.8 Å². The first-order valence-electron chi connectivity index (χ1n) is 5.84. The van der Waals surface area contributed by atoms with Gasteiger partial charge in [0.25, 0.3) is 0 Å². The number of hydrogen-bond donors (Lipinski definition) is 1. The topological polar surface area (TPSA) is 38.9 Å². The molecule has 0 unspecified atom stereocenters. The minimum atomic E-state index is 0.395. The first-order valence-corrected chi connectivity index (χ1v) is 6.25. The maximum atomic E-state index is 5.64. The van der Waals surface area contributed by atoms with Gasteiger partial charge in [0.05, 0.1) is 5.69 Å². The molecular weight excluding hydrogens is 240 g/mol. The molecule has 2 nitrogen and oxygen atoms in total. The van der Waals surface area contributed by atoms with Crippen molar-refractivity contribution in [1.82, 2.24) is 4.98 Å². The fourth-order valence-electron chi connectivity index (χ4n) is 1.88. The molecule has 0 aliphatic heterocycles. The quantitative estimate of drug-likeness (QED) is 0.838. The number of aromatic nitrogens is 1. The summed E-state index contributed by atoms with van der Waals surface area (Å²) in [5.41, 5.74) is 12.0. The van der Waals surface area contributed by atoms with Gasteiger partial charge in [0, 0.05) is 16.8 Å². The van der Waals surface area contributed by atoms with Crippen LogP contribution in [0.1, 0.15) is 22.4 Å². The Morgan fingerprint density at radius 3 is 2.33 bits per heavy atom. The first-order chi connectivity index (χ1) is 8.49. The predicted octanol–water partition coefficient (Wildman–Crippen LogP) is 3.31. The second-order valence-electron chi connectivity index (χ2n) is 4.49. The Balaban J connectivity index is 2.48. The molecule has 2 rings (SSSR count). The number of nitrogens with two attached hydrogens (primary N) is 1. The summed E-state index contributed by atoms with van der Waals surface area (Å²) in [6, 6.07) is 10.3. The van der Waals surface area contributed by atoms with Crippen LogP contribution in [0.3, 0.4) is 0 Å². The van der Waals surface area contributed by atoms with Crippen LogP contribution in [0.25, 0.3) is 11.3 Å². The molecule has 0 amide bonds. The van der Waals surface area contributed by atoms with Crippen molar-refractivity contribution < 1.29 is 0 Å². The summed E-state index contributed by atoms with van der Waals surface area (Å²) in [5, 5.41) is 0. The van der Waals surface area contributed by atoms with E-state index in [0.29, 0.717) is 4.99 Å². The summed E-state index contributed by atoms with van der Waals surface area (Å²) in [5.74, 6) is 0. The monoisotopic (exact) mass is 256 g/mol. The molecule has 0 atom stereocenters. The molecule has 1 aromatic carbocycles. The highest BCUT2D eigenvalue weighted by molar-refractivity contribution is 7.80. The molecule has 2 aromatic rings. The third-order valence-corrected chi connectivity index (χ3v) is 3.37. The summed E-state index contributed by atoms with van der Waals surface area (Å²) < 4.78 is 0. The van der Waals surface area contributed by atoms with Crippen LogP contribution in [-0.4, -0.2) is 9.97 Å². The molecule has 2 N–H and O–H groups in total. The molecule has 1 aromatic heterocycles. The van der Waals surface area contributed by atoms with Crippen LogP contribution in [0.5, 0.6) is 0 Å². The minimum Gasteiger partial charge on any atom is -0.389 e. The lowest BCUT2D eigenvalue weighted by atomic mass is 10.0. The van der Waals surface area contributed by atoms with E-state index >= 15 is 0 Å². The third kappa shape index (κ3) is 2.41. The lowest BCUT2D eigenvalue weighted by Gasteiger charge is -2.08. The lowest BCUT2D eigenvalue weighted by Crippen LogP contribution is -2.12. The van der Waals surface area contributed by atoms with Gasteiger partial charge < -0.3 is 5.73 Å². The van der Waals surface area contributed by atoms with Crippen LogP contribution >= 0.6 is 12.2 Å². The van der Waals surface area contributed by atoms with Crippen molar-refractivity contribution >= 4 is 17.2 Å². The SMILES string of the molecule is Cc1ccc(-c2ccc(C(N)=S)c(C)n2)cc1C. The van der Waals surface area contributed by atoms with E-state index in [-0.39, 0.29) is 0 Å². The summed E-state index contributed by atoms with van der Waals surface area (Å²) in [4.78, 5) is 4.96. The van der Waals surface area contributed by atoms with Gasteiger partial charge in [0.15, 0.2) is 0 Å². The summed E-state index contributed by atoms with van der Waals surface area (Å²) >= 11 is 4.99. The normalized spacial score (nSPS) is 10.4. The maximum Gasteiger partial charge on any atom is 0.105 e. The van der Waals surface area contributed by atoms with Crippen molar-refractivity contribution in [3.05, 3.63) is 52.7 Å². The Labute approximate surface area is 113 Å². The number of rotatable bonds is 2. The van der Waals surface area contributed by atoms with E-state index in [4.69, 9.17) is 18.0 Å². The second kappa shape index (κ2) is 4.86. The Kier molecular flexibility index (Phi) is 3.43. The number of aryl methyl sites for hydroxylation is 3. The highest BCUT2D eigenvalue weighted by Crippen LogP contribution is 2.21. The molecule has 0 saturated carbocycles. The van der Waals surface area contributed by atoms with E-state index in [2.05, 4.69) is 37.0 Å². The molecule has 0 fully saturated rings. The van der Waals surface area contributed by atoms with Gasteiger partial charge in [-0.25, -0.2) is 0 Å². The highest BCUT2D eigenvalue weighted by Gasteiger charge is 2.06. The Bertz CT molecular complexity index is 618. The number of benzene rings is 1. The van der Waals surface area contributed by atoms with E-state index < -0.39 is 0 Å². The molecule has 0 spiro atoms. The number of thiocarbonyl (C=S) groups is 1. The zero-order valence-corrected chi connectivity index (χ0v) is 11.6. The average molecular weight is 256 g/mol. The van der Waals surface area contributed by atoms with Gasteiger partial charge in [0.2, 0.25) is 0 Å². The Hall–Kier alpha value is -1.74. The Morgan fingerprint density at radius 2 is 1.78 bits per heavy atom. The zero-order valence-electron chi connectivity index (χ0n) is 10.8. The van der Waals surface area contributed by atoms with Crippen LogP contribution < -0.4 is 5.73 Å². The van der Waals surface area contributed by atoms with Crippen molar-refractivity contribution in [2.75, 3.05) is 0 Å². The van der Waals surface area contributed by atoms with E-state index in [0.717, 1.165) is 22.5 Å². The summed E-state index contributed by atoms with van der Waals surface area (Å²) in [6.07, 6.45) is 0. The summed E-state index contributed by atoms with van der Waals surface area (Å²) in [7, 11) is 0. The molecule has 0 aliphatic rings. The average Bonchev–Trinajstić information content (AvgIpc) is 2.32. The standard InChI is InChI=1S/C15H16N2S/c1-9-4-5-12(8-10(9)2)14-7-6-13(15(16)18)11(3)17-14/h4-8H,1-3H3,(H2,16,18). The molecule has 92 valence electrons. The molecule has 0 radical (unpaired) electrons. The van der Waals surface area contributed by atoms with Crippen LogP contribution in [0.15, 0.2) is 30.3 Å². The predicted molar refractivity (Wildman–Crippen MR) is 79.8 cm³/mol. The lowest BCUT2D eigenvalue weighted by molar-refractivity contribution is 1.19. The molecule has 0 aliphatic carbocycles. The van der Waals surface area contributed by atoms with Gasteiger partial charge >= 0.3 is 0 Å². The van der Waals surface area contributed by atoms with Crippen molar-refractivity contribution in [3.63, 3.8) is 0 Å².